The molecule has 18 heavy (non-hydrogen) atoms. The summed E-state index contributed by atoms with van der Waals surface area (Å²) in [5.41, 5.74) is 3.78. The Morgan fingerprint density at radius 1 is 1.28 bits per heavy atom. The zero-order valence-electron chi connectivity index (χ0n) is 11.7. The quantitative estimate of drug-likeness (QED) is 0.793. The Hall–Kier alpha value is -1.35. The van der Waals surface area contributed by atoms with Crippen LogP contribution >= 0.6 is 0 Å². The zero-order valence-corrected chi connectivity index (χ0v) is 11.7. The average molecular weight is 245 g/mol. The Bertz CT molecular complexity index is 514. The maximum absolute atomic E-state index is 4.64. The molecule has 0 aliphatic carbocycles. The molecule has 98 valence electrons. The van der Waals surface area contributed by atoms with Gasteiger partial charge >= 0.3 is 0 Å². The summed E-state index contributed by atoms with van der Waals surface area (Å²) in [6.07, 6.45) is 2.31. The maximum atomic E-state index is 4.64. The summed E-state index contributed by atoms with van der Waals surface area (Å²) in [6.45, 7) is 9.53. The van der Waals surface area contributed by atoms with Gasteiger partial charge in [-0.3, -0.25) is 0 Å². The highest BCUT2D eigenvalue weighted by atomic mass is 15.1. The van der Waals surface area contributed by atoms with Crippen LogP contribution in [0.2, 0.25) is 0 Å². The molecule has 0 aliphatic rings. The van der Waals surface area contributed by atoms with Gasteiger partial charge in [0.05, 0.1) is 11.0 Å². The molecule has 0 unspecified atom stereocenters. The van der Waals surface area contributed by atoms with E-state index in [1.807, 2.05) is 0 Å². The normalized spacial score (nSPS) is 11.3. The molecule has 1 aromatic heterocycles. The van der Waals surface area contributed by atoms with E-state index in [4.69, 9.17) is 0 Å². The van der Waals surface area contributed by atoms with E-state index in [-0.39, 0.29) is 0 Å². The average Bonchev–Trinajstić information content (AvgIpc) is 2.69. The predicted molar refractivity (Wildman–Crippen MR) is 77.0 cm³/mol. The van der Waals surface area contributed by atoms with Gasteiger partial charge in [0.25, 0.3) is 0 Å². The number of aryl methyl sites for hydroxylation is 3. The van der Waals surface area contributed by atoms with Gasteiger partial charge in [0.2, 0.25) is 0 Å². The van der Waals surface area contributed by atoms with Gasteiger partial charge in [-0.2, -0.15) is 0 Å². The third-order valence-corrected chi connectivity index (χ3v) is 3.39. The van der Waals surface area contributed by atoms with Crippen LogP contribution in [0.15, 0.2) is 18.2 Å². The first-order chi connectivity index (χ1) is 8.76. The Morgan fingerprint density at radius 3 is 2.83 bits per heavy atom. The first-order valence-corrected chi connectivity index (χ1v) is 6.92. The van der Waals surface area contributed by atoms with Gasteiger partial charge in [-0.05, 0) is 57.5 Å². The molecule has 1 heterocycles. The maximum Gasteiger partial charge on any atom is 0.106 e. The fourth-order valence-electron chi connectivity index (χ4n) is 2.44. The van der Waals surface area contributed by atoms with Gasteiger partial charge in [-0.25, -0.2) is 4.98 Å². The van der Waals surface area contributed by atoms with Crippen molar-refractivity contribution in [2.75, 3.05) is 13.1 Å². The van der Waals surface area contributed by atoms with Crippen molar-refractivity contribution in [1.29, 1.82) is 0 Å². The van der Waals surface area contributed by atoms with Crippen LogP contribution in [-0.2, 0) is 13.0 Å². The number of imidazole rings is 1. The van der Waals surface area contributed by atoms with Crippen LogP contribution in [0.3, 0.4) is 0 Å². The third-order valence-electron chi connectivity index (χ3n) is 3.39. The van der Waals surface area contributed by atoms with Gasteiger partial charge in [-0.15, -0.1) is 0 Å². The SMILES string of the molecule is CCNCCCc1ccc2c(c1)nc(C)n2CC. The van der Waals surface area contributed by atoms with Crippen LogP contribution in [0.5, 0.6) is 0 Å². The Balaban J connectivity index is 2.13. The van der Waals surface area contributed by atoms with Crippen LogP contribution in [0.4, 0.5) is 0 Å². The van der Waals surface area contributed by atoms with Crippen LogP contribution < -0.4 is 5.32 Å². The lowest BCUT2D eigenvalue weighted by molar-refractivity contribution is 0.673. The standard InChI is InChI=1S/C15H23N3/c1-4-16-10-6-7-13-8-9-15-14(11-13)17-12(3)18(15)5-2/h8-9,11,16H,4-7,10H2,1-3H3. The molecule has 2 aromatic rings. The molecule has 2 rings (SSSR count). The summed E-state index contributed by atoms with van der Waals surface area (Å²) < 4.78 is 2.26. The second-order valence-electron chi connectivity index (χ2n) is 4.68. The number of hydrogen-bond acceptors (Lipinski definition) is 2. The number of aromatic nitrogens is 2. The third kappa shape index (κ3) is 2.72. The molecule has 0 radical (unpaired) electrons. The fraction of sp³-hybridized carbons (Fsp3) is 0.533. The summed E-state index contributed by atoms with van der Waals surface area (Å²) in [7, 11) is 0. The van der Waals surface area contributed by atoms with E-state index >= 15 is 0 Å². The predicted octanol–water partition coefficient (Wildman–Crippen LogP) is 2.91. The van der Waals surface area contributed by atoms with Gasteiger partial charge in [-0.1, -0.05) is 13.0 Å². The smallest absolute Gasteiger partial charge is 0.106 e. The molecular formula is C15H23N3. The second-order valence-corrected chi connectivity index (χ2v) is 4.68. The van der Waals surface area contributed by atoms with Crippen LogP contribution in [-0.4, -0.2) is 22.6 Å². The van der Waals surface area contributed by atoms with Crippen molar-refractivity contribution in [3.05, 3.63) is 29.6 Å². The molecule has 3 nitrogen and oxygen atoms in total. The highest BCUT2D eigenvalue weighted by Gasteiger charge is 2.06. The molecule has 1 N–H and O–H groups in total. The molecule has 3 heteroatoms. The van der Waals surface area contributed by atoms with Gasteiger partial charge in [0.1, 0.15) is 5.82 Å². The molecule has 0 aliphatic heterocycles. The van der Waals surface area contributed by atoms with Crippen molar-refractivity contribution < 1.29 is 0 Å². The molecule has 0 fully saturated rings. The van der Waals surface area contributed by atoms with E-state index in [0.29, 0.717) is 0 Å². The first-order valence-electron chi connectivity index (χ1n) is 6.92. The Labute approximate surface area is 109 Å². The van der Waals surface area contributed by atoms with Crippen LogP contribution in [0.25, 0.3) is 11.0 Å². The lowest BCUT2D eigenvalue weighted by atomic mass is 10.1. The lowest BCUT2D eigenvalue weighted by Crippen LogP contribution is -2.14. The molecule has 0 saturated carbocycles. The van der Waals surface area contributed by atoms with Crippen molar-refractivity contribution in [3.8, 4) is 0 Å². The lowest BCUT2D eigenvalue weighted by Gasteiger charge is -2.04. The van der Waals surface area contributed by atoms with Crippen molar-refractivity contribution in [2.45, 2.75) is 40.2 Å². The zero-order chi connectivity index (χ0) is 13.0. The summed E-state index contributed by atoms with van der Waals surface area (Å²) in [5, 5.41) is 3.36. The van der Waals surface area contributed by atoms with E-state index in [9.17, 15) is 0 Å². The molecule has 0 spiro atoms. The number of benzene rings is 1. The summed E-state index contributed by atoms with van der Waals surface area (Å²) in [4.78, 5) is 4.64. The van der Waals surface area contributed by atoms with Crippen molar-refractivity contribution in [3.63, 3.8) is 0 Å². The number of fused-ring (bicyclic) bond motifs is 1. The first kappa shape index (κ1) is 13.1. The van der Waals surface area contributed by atoms with E-state index in [1.165, 1.54) is 17.5 Å². The van der Waals surface area contributed by atoms with Crippen LogP contribution in [0.1, 0.15) is 31.7 Å². The minimum absolute atomic E-state index is 0.988. The highest BCUT2D eigenvalue weighted by molar-refractivity contribution is 5.76. The molecular weight excluding hydrogens is 222 g/mol. The molecule has 0 amide bonds. The second kappa shape index (κ2) is 6.01. The summed E-state index contributed by atoms with van der Waals surface area (Å²) in [6, 6.07) is 6.68. The minimum atomic E-state index is 0.988. The molecule has 0 atom stereocenters. The van der Waals surface area contributed by atoms with Gasteiger partial charge in [0.15, 0.2) is 0 Å². The van der Waals surface area contributed by atoms with Crippen molar-refractivity contribution >= 4 is 11.0 Å². The summed E-state index contributed by atoms with van der Waals surface area (Å²) >= 11 is 0. The molecule has 1 aromatic carbocycles. The monoisotopic (exact) mass is 245 g/mol. The summed E-state index contributed by atoms with van der Waals surface area (Å²) in [5.74, 6) is 1.11. The number of hydrogen-bond donors (Lipinski definition) is 1. The van der Waals surface area contributed by atoms with Crippen LogP contribution in [0, 0.1) is 6.92 Å². The van der Waals surface area contributed by atoms with Gasteiger partial charge in [0, 0.05) is 6.54 Å². The molecule has 0 saturated heterocycles. The number of nitrogens with zero attached hydrogens (tertiary/aromatic N) is 2. The molecule has 0 bridgehead atoms. The van der Waals surface area contributed by atoms with Crippen molar-refractivity contribution in [2.24, 2.45) is 0 Å². The van der Waals surface area contributed by atoms with E-state index in [0.717, 1.165) is 37.4 Å². The minimum Gasteiger partial charge on any atom is -0.329 e. The van der Waals surface area contributed by atoms with Crippen molar-refractivity contribution in [1.82, 2.24) is 14.9 Å². The van der Waals surface area contributed by atoms with E-state index in [2.05, 4.69) is 53.8 Å². The van der Waals surface area contributed by atoms with Gasteiger partial charge < -0.3 is 9.88 Å². The largest absolute Gasteiger partial charge is 0.329 e. The topological polar surface area (TPSA) is 29.9 Å². The number of rotatable bonds is 6. The van der Waals surface area contributed by atoms with E-state index < -0.39 is 0 Å². The number of nitrogens with one attached hydrogen (secondary N) is 1. The highest BCUT2D eigenvalue weighted by Crippen LogP contribution is 2.18. The van der Waals surface area contributed by atoms with E-state index in [1.54, 1.807) is 0 Å². The fourth-order valence-corrected chi connectivity index (χ4v) is 2.44. The Morgan fingerprint density at radius 2 is 2.11 bits per heavy atom. The Kier molecular flexibility index (Phi) is 4.37.